The zero-order chi connectivity index (χ0) is 17.5. The van der Waals surface area contributed by atoms with Gasteiger partial charge < -0.3 is 15.0 Å². The lowest BCUT2D eigenvalue weighted by atomic mass is 10.1. The summed E-state index contributed by atoms with van der Waals surface area (Å²) in [5.41, 5.74) is 2.17. The van der Waals surface area contributed by atoms with Crippen molar-refractivity contribution in [2.75, 3.05) is 32.1 Å². The molecule has 3 heterocycles. The van der Waals surface area contributed by atoms with Crippen molar-refractivity contribution < 1.29 is 9.53 Å². The molecule has 25 heavy (non-hydrogen) atoms. The molecule has 0 radical (unpaired) electrons. The van der Waals surface area contributed by atoms with Gasteiger partial charge in [0.1, 0.15) is 5.82 Å². The third kappa shape index (κ3) is 5.00. The van der Waals surface area contributed by atoms with Gasteiger partial charge in [0.15, 0.2) is 0 Å². The van der Waals surface area contributed by atoms with Crippen molar-refractivity contribution in [2.24, 2.45) is 0 Å². The number of carbonyl (C=O) groups is 1. The van der Waals surface area contributed by atoms with Gasteiger partial charge in [-0.3, -0.25) is 9.78 Å². The maximum atomic E-state index is 12.5. The second-order valence-corrected chi connectivity index (χ2v) is 6.21. The Hall–Kier alpha value is -2.47. The molecule has 3 rings (SSSR count). The second kappa shape index (κ2) is 8.58. The topological polar surface area (TPSA) is 67.4 Å². The summed E-state index contributed by atoms with van der Waals surface area (Å²) >= 11 is 0. The molecule has 6 nitrogen and oxygen atoms in total. The first-order chi connectivity index (χ1) is 12.2. The third-order valence-electron chi connectivity index (χ3n) is 4.41. The fraction of sp³-hybridized carbons (Fsp3) is 0.421. The Morgan fingerprint density at radius 3 is 3.08 bits per heavy atom. The maximum Gasteiger partial charge on any atom is 0.227 e. The highest BCUT2D eigenvalue weighted by molar-refractivity contribution is 5.78. The van der Waals surface area contributed by atoms with Crippen LogP contribution < -0.4 is 5.32 Å². The molecule has 6 heteroatoms. The summed E-state index contributed by atoms with van der Waals surface area (Å²) in [6.45, 7) is 1.92. The first-order valence-electron chi connectivity index (χ1n) is 8.65. The van der Waals surface area contributed by atoms with E-state index >= 15 is 0 Å². The minimum Gasteiger partial charge on any atom is -0.375 e. The van der Waals surface area contributed by atoms with Crippen molar-refractivity contribution in [1.29, 1.82) is 0 Å². The molecule has 132 valence electrons. The highest BCUT2D eigenvalue weighted by atomic mass is 16.5. The minimum absolute atomic E-state index is 0.0813. The molecule has 1 aliphatic heterocycles. The number of aryl methyl sites for hydroxylation is 1. The van der Waals surface area contributed by atoms with E-state index < -0.39 is 0 Å². The van der Waals surface area contributed by atoms with Crippen LogP contribution >= 0.6 is 0 Å². The Morgan fingerprint density at radius 1 is 1.36 bits per heavy atom. The van der Waals surface area contributed by atoms with Gasteiger partial charge in [-0.1, -0.05) is 6.07 Å². The highest BCUT2D eigenvalue weighted by Gasteiger charge is 2.24. The normalized spacial score (nSPS) is 17.3. The quantitative estimate of drug-likeness (QED) is 0.870. The molecule has 0 bridgehead atoms. The number of nitrogens with one attached hydrogen (secondary N) is 1. The summed E-state index contributed by atoms with van der Waals surface area (Å²) in [4.78, 5) is 22.7. The van der Waals surface area contributed by atoms with E-state index in [1.807, 2.05) is 42.4 Å². The first kappa shape index (κ1) is 17.4. The van der Waals surface area contributed by atoms with Crippen molar-refractivity contribution in [1.82, 2.24) is 14.9 Å². The van der Waals surface area contributed by atoms with Gasteiger partial charge in [0.25, 0.3) is 0 Å². The average molecular weight is 340 g/mol. The average Bonchev–Trinajstić information content (AvgIpc) is 2.67. The Balaban J connectivity index is 1.51. The molecule has 2 aromatic rings. The molecule has 1 N–H and O–H groups in total. The third-order valence-corrected chi connectivity index (χ3v) is 4.41. The molecule has 1 fully saturated rings. The van der Waals surface area contributed by atoms with Crippen molar-refractivity contribution in [3.05, 3.63) is 54.0 Å². The maximum absolute atomic E-state index is 12.5. The Morgan fingerprint density at radius 2 is 2.28 bits per heavy atom. The Labute approximate surface area is 148 Å². The van der Waals surface area contributed by atoms with Gasteiger partial charge in [-0.15, -0.1) is 0 Å². The van der Waals surface area contributed by atoms with Gasteiger partial charge in [-0.25, -0.2) is 4.98 Å². The van der Waals surface area contributed by atoms with Crippen LogP contribution in [-0.4, -0.2) is 53.6 Å². The molecule has 0 aromatic carbocycles. The Kier molecular flexibility index (Phi) is 5.95. The van der Waals surface area contributed by atoms with E-state index in [0.717, 1.165) is 24.2 Å². The van der Waals surface area contributed by atoms with Crippen molar-refractivity contribution >= 4 is 11.7 Å². The SMILES string of the molecule is CNc1cc(CC[C@H]2CN(C(=O)Cc3cccnc3)CCO2)ccn1. The van der Waals surface area contributed by atoms with Crippen molar-refractivity contribution in [3.63, 3.8) is 0 Å². The standard InChI is InChI=1S/C19H24N4O2/c1-20-18-11-15(6-8-22-18)4-5-17-14-23(9-10-25-17)19(24)12-16-3-2-7-21-13-16/h2-3,6-8,11,13,17H,4-5,9-10,12,14H2,1H3,(H,20,22)/t17-/m0/s1. The van der Waals surface area contributed by atoms with E-state index in [9.17, 15) is 4.79 Å². The Bertz CT molecular complexity index is 693. The smallest absolute Gasteiger partial charge is 0.227 e. The van der Waals surface area contributed by atoms with Gasteiger partial charge in [0, 0.05) is 38.7 Å². The number of rotatable bonds is 6. The van der Waals surface area contributed by atoms with E-state index in [1.165, 1.54) is 5.56 Å². The van der Waals surface area contributed by atoms with Crippen LogP contribution in [0.2, 0.25) is 0 Å². The number of anilines is 1. The molecule has 1 saturated heterocycles. The van der Waals surface area contributed by atoms with Crippen molar-refractivity contribution in [2.45, 2.75) is 25.4 Å². The van der Waals surface area contributed by atoms with Crippen LogP contribution in [0.1, 0.15) is 17.5 Å². The van der Waals surface area contributed by atoms with Crippen LogP contribution in [0.3, 0.4) is 0 Å². The van der Waals surface area contributed by atoms with Crippen LogP contribution in [0.25, 0.3) is 0 Å². The zero-order valence-electron chi connectivity index (χ0n) is 14.5. The van der Waals surface area contributed by atoms with Gasteiger partial charge in [-0.05, 0) is 42.2 Å². The van der Waals surface area contributed by atoms with Gasteiger partial charge in [0.2, 0.25) is 5.91 Å². The molecule has 0 unspecified atom stereocenters. The number of hydrogen-bond acceptors (Lipinski definition) is 5. The van der Waals surface area contributed by atoms with Crippen LogP contribution in [0.15, 0.2) is 42.9 Å². The lowest BCUT2D eigenvalue weighted by Gasteiger charge is -2.33. The van der Waals surface area contributed by atoms with Crippen LogP contribution in [0.4, 0.5) is 5.82 Å². The van der Waals surface area contributed by atoms with Crippen LogP contribution in [0, 0.1) is 0 Å². The fourth-order valence-corrected chi connectivity index (χ4v) is 3.00. The number of pyridine rings is 2. The van der Waals surface area contributed by atoms with E-state index in [4.69, 9.17) is 4.74 Å². The van der Waals surface area contributed by atoms with E-state index in [1.54, 1.807) is 12.4 Å². The van der Waals surface area contributed by atoms with Gasteiger partial charge in [-0.2, -0.15) is 0 Å². The predicted molar refractivity (Wildman–Crippen MR) is 96.4 cm³/mol. The van der Waals surface area contributed by atoms with Gasteiger partial charge >= 0.3 is 0 Å². The number of amides is 1. The molecule has 0 spiro atoms. The second-order valence-electron chi connectivity index (χ2n) is 6.21. The van der Waals surface area contributed by atoms with Gasteiger partial charge in [0.05, 0.1) is 19.1 Å². The largest absolute Gasteiger partial charge is 0.375 e. The highest BCUT2D eigenvalue weighted by Crippen LogP contribution is 2.15. The number of hydrogen-bond donors (Lipinski definition) is 1. The molecule has 0 aliphatic carbocycles. The molecule has 1 amide bonds. The number of nitrogens with zero attached hydrogens (tertiary/aromatic N) is 3. The molecule has 2 aromatic heterocycles. The predicted octanol–water partition coefficient (Wildman–Crippen LogP) is 1.92. The summed E-state index contributed by atoms with van der Waals surface area (Å²) in [6, 6.07) is 7.87. The number of carbonyl (C=O) groups excluding carboxylic acids is 1. The lowest BCUT2D eigenvalue weighted by molar-refractivity contribution is -0.138. The van der Waals surface area contributed by atoms with E-state index in [-0.39, 0.29) is 12.0 Å². The summed E-state index contributed by atoms with van der Waals surface area (Å²) < 4.78 is 5.85. The monoisotopic (exact) mass is 340 g/mol. The molecule has 0 saturated carbocycles. The zero-order valence-corrected chi connectivity index (χ0v) is 14.5. The fourth-order valence-electron chi connectivity index (χ4n) is 3.00. The molecular weight excluding hydrogens is 316 g/mol. The first-order valence-corrected chi connectivity index (χ1v) is 8.65. The lowest BCUT2D eigenvalue weighted by Crippen LogP contribution is -2.46. The number of aromatic nitrogens is 2. The molecule has 1 aliphatic rings. The van der Waals surface area contributed by atoms with E-state index in [2.05, 4.69) is 15.3 Å². The summed E-state index contributed by atoms with van der Waals surface area (Å²) in [5, 5.41) is 3.05. The summed E-state index contributed by atoms with van der Waals surface area (Å²) in [7, 11) is 1.86. The van der Waals surface area contributed by atoms with E-state index in [0.29, 0.717) is 26.1 Å². The summed E-state index contributed by atoms with van der Waals surface area (Å²) in [5.74, 6) is 1.01. The summed E-state index contributed by atoms with van der Waals surface area (Å²) in [6.07, 6.45) is 7.56. The number of ether oxygens (including phenoxy) is 1. The minimum atomic E-state index is 0.0813. The van der Waals surface area contributed by atoms with Crippen LogP contribution in [-0.2, 0) is 22.4 Å². The molecule has 1 atom stereocenters. The van der Waals surface area contributed by atoms with Crippen molar-refractivity contribution in [3.8, 4) is 0 Å². The number of morpholine rings is 1. The molecular formula is C19H24N4O2. The van der Waals surface area contributed by atoms with Crippen LogP contribution in [0.5, 0.6) is 0 Å².